The Bertz CT molecular complexity index is 839. The normalized spacial score (nSPS) is 12.0. The van der Waals surface area contributed by atoms with E-state index in [1.807, 2.05) is 24.3 Å². The van der Waals surface area contributed by atoms with Crippen molar-refractivity contribution in [3.05, 3.63) is 66.2 Å². The molecule has 4 nitrogen and oxygen atoms in total. The fraction of sp³-hybridized carbons (Fsp3) is 0.516. The minimum atomic E-state index is -0.383. The molecule has 1 unspecified atom stereocenters. The van der Waals surface area contributed by atoms with Gasteiger partial charge in [0.15, 0.2) is 0 Å². The van der Waals surface area contributed by atoms with Crippen LogP contribution in [0.2, 0.25) is 0 Å². The van der Waals surface area contributed by atoms with Gasteiger partial charge in [0.2, 0.25) is 0 Å². The summed E-state index contributed by atoms with van der Waals surface area (Å²) in [5.41, 5.74) is 0.499. The van der Waals surface area contributed by atoms with E-state index in [4.69, 9.17) is 14.2 Å². The van der Waals surface area contributed by atoms with Crippen LogP contribution in [0.1, 0.15) is 95.3 Å². The molecule has 0 saturated heterocycles. The molecule has 35 heavy (non-hydrogen) atoms. The van der Waals surface area contributed by atoms with E-state index in [1.165, 1.54) is 32.1 Å². The van der Waals surface area contributed by atoms with Crippen molar-refractivity contribution in [2.75, 3.05) is 13.2 Å². The second-order valence-corrected chi connectivity index (χ2v) is 9.20. The molecule has 2 aromatic carbocycles. The van der Waals surface area contributed by atoms with E-state index < -0.39 is 0 Å². The summed E-state index contributed by atoms with van der Waals surface area (Å²) in [6.45, 7) is 8.14. The largest absolute Gasteiger partial charge is 0.494 e. The van der Waals surface area contributed by atoms with E-state index in [-0.39, 0.29) is 5.97 Å². The summed E-state index contributed by atoms with van der Waals surface area (Å²) in [7, 11) is 0. The van der Waals surface area contributed by atoms with Crippen molar-refractivity contribution in [1.82, 2.24) is 0 Å². The molecule has 0 N–H and O–H groups in total. The van der Waals surface area contributed by atoms with Crippen LogP contribution in [0.25, 0.3) is 0 Å². The summed E-state index contributed by atoms with van der Waals surface area (Å²) in [6.07, 6.45) is 16.1. The molecule has 0 aliphatic heterocycles. The minimum absolute atomic E-state index is 0.383. The highest BCUT2D eigenvalue weighted by molar-refractivity contribution is 5.91. The second kappa shape index (κ2) is 17.7. The smallest absolute Gasteiger partial charge is 0.343 e. The number of hydrogen-bond acceptors (Lipinski definition) is 4. The molecule has 0 fully saturated rings. The minimum Gasteiger partial charge on any atom is -0.494 e. The molecule has 192 valence electrons. The summed E-state index contributed by atoms with van der Waals surface area (Å²) in [6, 6.07) is 14.3. The van der Waals surface area contributed by atoms with Crippen LogP contribution >= 0.6 is 0 Å². The number of benzene rings is 2. The lowest BCUT2D eigenvalue weighted by Crippen LogP contribution is -2.08. The number of hydrogen-bond donors (Lipinski definition) is 0. The molecule has 0 heterocycles. The predicted molar refractivity (Wildman–Crippen MR) is 145 cm³/mol. The van der Waals surface area contributed by atoms with Crippen LogP contribution in [0, 0.1) is 5.92 Å². The Kier molecular flexibility index (Phi) is 14.4. The maximum atomic E-state index is 12.5. The Morgan fingerprint density at radius 3 is 1.94 bits per heavy atom. The zero-order valence-electron chi connectivity index (χ0n) is 22.0. The standard InChI is InChI=1S/C31H44O4/c1-4-6-7-8-9-10-13-24-34-29-20-22-30(23-21-29)35-31(32)27-16-18-28(19-17-27)33-25-14-11-12-15-26(3)5-2/h7-8,16-23,26H,4-6,9-15,24-25H2,1-3H3. The maximum Gasteiger partial charge on any atom is 0.343 e. The highest BCUT2D eigenvalue weighted by Gasteiger charge is 2.09. The van der Waals surface area contributed by atoms with E-state index in [0.717, 1.165) is 49.5 Å². The first-order valence-electron chi connectivity index (χ1n) is 13.4. The van der Waals surface area contributed by atoms with Gasteiger partial charge < -0.3 is 14.2 Å². The number of carbonyl (C=O) groups excluding carboxylic acids is 1. The van der Waals surface area contributed by atoms with Gasteiger partial charge >= 0.3 is 5.97 Å². The first-order chi connectivity index (χ1) is 17.1. The quantitative estimate of drug-likeness (QED) is 0.0925. The fourth-order valence-corrected chi connectivity index (χ4v) is 3.58. The van der Waals surface area contributed by atoms with Gasteiger partial charge in [-0.25, -0.2) is 4.79 Å². The van der Waals surface area contributed by atoms with E-state index in [1.54, 1.807) is 24.3 Å². The van der Waals surface area contributed by atoms with Gasteiger partial charge in [-0.05, 0) is 86.6 Å². The van der Waals surface area contributed by atoms with Crippen LogP contribution in [0.5, 0.6) is 17.2 Å². The highest BCUT2D eigenvalue weighted by Crippen LogP contribution is 2.20. The molecule has 0 amide bonds. The van der Waals surface area contributed by atoms with E-state index >= 15 is 0 Å². The van der Waals surface area contributed by atoms with Gasteiger partial charge in [0.05, 0.1) is 18.8 Å². The zero-order valence-corrected chi connectivity index (χ0v) is 22.0. The van der Waals surface area contributed by atoms with E-state index in [9.17, 15) is 4.79 Å². The summed E-state index contributed by atoms with van der Waals surface area (Å²) in [5, 5.41) is 0. The van der Waals surface area contributed by atoms with Crippen molar-refractivity contribution >= 4 is 5.97 Å². The van der Waals surface area contributed by atoms with Crippen LogP contribution in [0.3, 0.4) is 0 Å². The molecule has 4 heteroatoms. The van der Waals surface area contributed by atoms with Crippen LogP contribution in [0.15, 0.2) is 60.7 Å². The molecule has 0 saturated carbocycles. The number of carbonyl (C=O) groups is 1. The van der Waals surface area contributed by atoms with Crippen LogP contribution in [0.4, 0.5) is 0 Å². The molecule has 2 aromatic rings. The van der Waals surface area contributed by atoms with Gasteiger partial charge in [-0.15, -0.1) is 0 Å². The Hall–Kier alpha value is -2.75. The molecule has 0 aromatic heterocycles. The Morgan fingerprint density at radius 2 is 1.31 bits per heavy atom. The third-order valence-electron chi connectivity index (χ3n) is 6.09. The number of allylic oxidation sites excluding steroid dienone is 2. The lowest BCUT2D eigenvalue weighted by atomic mass is 10.0. The Balaban J connectivity index is 1.64. The number of ether oxygens (including phenoxy) is 3. The fourth-order valence-electron chi connectivity index (χ4n) is 3.58. The average molecular weight is 481 g/mol. The summed E-state index contributed by atoms with van der Waals surface area (Å²) < 4.78 is 17.1. The van der Waals surface area contributed by atoms with Crippen molar-refractivity contribution in [2.45, 2.75) is 85.0 Å². The molecular weight excluding hydrogens is 436 g/mol. The van der Waals surface area contributed by atoms with Gasteiger partial charge in [0, 0.05) is 0 Å². The first kappa shape index (κ1) is 28.5. The SMILES string of the molecule is CCCC=CCCCCOc1ccc(OC(=O)c2ccc(OCCCCCC(C)CC)cc2)cc1. The van der Waals surface area contributed by atoms with E-state index in [2.05, 4.69) is 32.9 Å². The third-order valence-corrected chi connectivity index (χ3v) is 6.09. The molecule has 0 bridgehead atoms. The van der Waals surface area contributed by atoms with Crippen LogP contribution < -0.4 is 14.2 Å². The monoisotopic (exact) mass is 480 g/mol. The Labute approximate surface area is 212 Å². The average Bonchev–Trinajstić information content (AvgIpc) is 2.88. The second-order valence-electron chi connectivity index (χ2n) is 9.20. The molecule has 1 atom stereocenters. The predicted octanol–water partition coefficient (Wildman–Crippen LogP) is 8.80. The summed E-state index contributed by atoms with van der Waals surface area (Å²) in [4.78, 5) is 12.5. The van der Waals surface area contributed by atoms with Gasteiger partial charge in [-0.2, -0.15) is 0 Å². The highest BCUT2D eigenvalue weighted by atomic mass is 16.5. The number of esters is 1. The molecule has 0 aliphatic rings. The van der Waals surface area contributed by atoms with Gasteiger partial charge in [0.1, 0.15) is 17.2 Å². The van der Waals surface area contributed by atoms with Crippen molar-refractivity contribution in [2.24, 2.45) is 5.92 Å². The van der Waals surface area contributed by atoms with E-state index in [0.29, 0.717) is 24.5 Å². The van der Waals surface area contributed by atoms with Crippen molar-refractivity contribution < 1.29 is 19.0 Å². The van der Waals surface area contributed by atoms with Gasteiger partial charge in [-0.1, -0.05) is 65.0 Å². The number of rotatable bonds is 18. The zero-order chi connectivity index (χ0) is 25.1. The topological polar surface area (TPSA) is 44.8 Å². The van der Waals surface area contributed by atoms with Crippen molar-refractivity contribution in [1.29, 1.82) is 0 Å². The molecule has 2 rings (SSSR count). The maximum absolute atomic E-state index is 12.5. The van der Waals surface area contributed by atoms with Crippen molar-refractivity contribution in [3.8, 4) is 17.2 Å². The lowest BCUT2D eigenvalue weighted by molar-refractivity contribution is 0.0734. The van der Waals surface area contributed by atoms with Gasteiger partial charge in [0.25, 0.3) is 0 Å². The van der Waals surface area contributed by atoms with Crippen molar-refractivity contribution in [3.63, 3.8) is 0 Å². The molecule has 0 radical (unpaired) electrons. The lowest BCUT2D eigenvalue weighted by Gasteiger charge is -2.09. The Morgan fingerprint density at radius 1 is 0.743 bits per heavy atom. The number of unbranched alkanes of at least 4 members (excludes halogenated alkanes) is 5. The third kappa shape index (κ3) is 12.5. The first-order valence-corrected chi connectivity index (χ1v) is 13.4. The summed E-state index contributed by atoms with van der Waals surface area (Å²) in [5.74, 6) is 2.49. The molecular formula is C31H44O4. The van der Waals surface area contributed by atoms with Gasteiger partial charge in [-0.3, -0.25) is 0 Å². The molecule has 0 aliphatic carbocycles. The van der Waals surface area contributed by atoms with Crippen LogP contribution in [-0.4, -0.2) is 19.2 Å². The van der Waals surface area contributed by atoms with Crippen LogP contribution in [-0.2, 0) is 0 Å². The summed E-state index contributed by atoms with van der Waals surface area (Å²) >= 11 is 0. The molecule has 0 spiro atoms.